The second-order valence-corrected chi connectivity index (χ2v) is 4.42. The highest BCUT2D eigenvalue weighted by atomic mass is 15.0. The summed E-state index contributed by atoms with van der Waals surface area (Å²) in [6.45, 7) is 2.00. The topological polar surface area (TPSA) is 43.3 Å². The molecular formula is C12H15N3. The second kappa shape index (κ2) is 3.07. The Morgan fingerprint density at radius 1 is 1.53 bits per heavy atom. The fourth-order valence-electron chi connectivity index (χ4n) is 1.98. The molecule has 3 rings (SSSR count). The zero-order chi connectivity index (χ0) is 10.4. The zero-order valence-corrected chi connectivity index (χ0v) is 8.85. The van der Waals surface area contributed by atoms with Gasteiger partial charge in [-0.25, -0.2) is 4.98 Å². The molecule has 0 saturated heterocycles. The maximum atomic E-state index is 5.93. The van der Waals surface area contributed by atoms with E-state index in [4.69, 9.17) is 5.73 Å². The minimum atomic E-state index is 0.0446. The molecule has 0 radical (unpaired) electrons. The number of pyridine rings is 1. The molecule has 3 heteroatoms. The van der Waals surface area contributed by atoms with Crippen LogP contribution in [0.3, 0.4) is 0 Å². The van der Waals surface area contributed by atoms with Crippen LogP contribution in [0.2, 0.25) is 0 Å². The van der Waals surface area contributed by atoms with E-state index in [1.807, 2.05) is 19.2 Å². The summed E-state index contributed by atoms with van der Waals surface area (Å²) in [5.41, 5.74) is 9.30. The molecule has 78 valence electrons. The van der Waals surface area contributed by atoms with Crippen LogP contribution in [0.5, 0.6) is 0 Å². The molecule has 0 spiro atoms. The molecule has 15 heavy (non-hydrogen) atoms. The molecule has 1 unspecified atom stereocenters. The van der Waals surface area contributed by atoms with Gasteiger partial charge in [0.15, 0.2) is 0 Å². The van der Waals surface area contributed by atoms with Crippen LogP contribution in [0.1, 0.15) is 43.0 Å². The summed E-state index contributed by atoms with van der Waals surface area (Å²) in [6.07, 6.45) is 6.76. The lowest BCUT2D eigenvalue weighted by molar-refractivity contribution is 0.816. The lowest BCUT2D eigenvalue weighted by atomic mass is 10.1. The Morgan fingerprint density at radius 2 is 2.33 bits per heavy atom. The Labute approximate surface area is 88.9 Å². The number of nitrogens with two attached hydrogens (primary N) is 1. The molecule has 0 amide bonds. The van der Waals surface area contributed by atoms with Gasteiger partial charge in [-0.05, 0) is 25.8 Å². The molecule has 2 N–H and O–H groups in total. The molecule has 1 saturated carbocycles. The van der Waals surface area contributed by atoms with Crippen LogP contribution in [0.25, 0.3) is 5.65 Å². The third-order valence-corrected chi connectivity index (χ3v) is 3.02. The van der Waals surface area contributed by atoms with Gasteiger partial charge in [0.1, 0.15) is 5.65 Å². The quantitative estimate of drug-likeness (QED) is 0.809. The monoisotopic (exact) mass is 201 g/mol. The molecule has 0 aliphatic heterocycles. The van der Waals surface area contributed by atoms with Gasteiger partial charge in [-0.1, -0.05) is 6.07 Å². The van der Waals surface area contributed by atoms with Crippen LogP contribution >= 0.6 is 0 Å². The first-order chi connectivity index (χ1) is 7.25. The molecule has 2 aromatic heterocycles. The van der Waals surface area contributed by atoms with Gasteiger partial charge in [0.25, 0.3) is 0 Å². The van der Waals surface area contributed by atoms with Gasteiger partial charge in [0.05, 0.1) is 5.69 Å². The smallest absolute Gasteiger partial charge is 0.141 e. The van der Waals surface area contributed by atoms with Crippen molar-refractivity contribution in [1.29, 1.82) is 0 Å². The lowest BCUT2D eigenvalue weighted by Gasteiger charge is -2.05. The maximum Gasteiger partial charge on any atom is 0.141 e. The Bertz CT molecular complexity index is 495. The standard InChI is InChI=1S/C12H15N3/c1-8(13)10-3-2-6-15-7-11(9-4-5-9)14-12(10)15/h2-3,6-9H,4-5,13H2,1H3. The summed E-state index contributed by atoms with van der Waals surface area (Å²) in [6, 6.07) is 4.14. The first-order valence-electron chi connectivity index (χ1n) is 5.49. The number of hydrogen-bond donors (Lipinski definition) is 1. The van der Waals surface area contributed by atoms with E-state index in [2.05, 4.69) is 21.6 Å². The molecule has 2 heterocycles. The molecule has 1 aliphatic carbocycles. The third kappa shape index (κ3) is 1.43. The van der Waals surface area contributed by atoms with Crippen LogP contribution in [0.4, 0.5) is 0 Å². The second-order valence-electron chi connectivity index (χ2n) is 4.42. The fourth-order valence-corrected chi connectivity index (χ4v) is 1.98. The molecular weight excluding hydrogens is 186 g/mol. The average molecular weight is 201 g/mol. The summed E-state index contributed by atoms with van der Waals surface area (Å²) in [5, 5.41) is 0. The first-order valence-corrected chi connectivity index (χ1v) is 5.49. The van der Waals surface area contributed by atoms with Crippen molar-refractivity contribution in [3.63, 3.8) is 0 Å². The zero-order valence-electron chi connectivity index (χ0n) is 8.85. The summed E-state index contributed by atoms with van der Waals surface area (Å²) in [7, 11) is 0. The van der Waals surface area contributed by atoms with Crippen LogP contribution in [0, 0.1) is 0 Å². The van der Waals surface area contributed by atoms with Crippen molar-refractivity contribution in [2.24, 2.45) is 5.73 Å². The Morgan fingerprint density at radius 3 is 3.00 bits per heavy atom. The third-order valence-electron chi connectivity index (χ3n) is 3.02. The van der Waals surface area contributed by atoms with Crippen molar-refractivity contribution in [3.05, 3.63) is 35.8 Å². The predicted molar refractivity (Wildman–Crippen MR) is 59.8 cm³/mol. The Kier molecular flexibility index (Phi) is 1.83. The van der Waals surface area contributed by atoms with Crippen LogP contribution in [-0.2, 0) is 0 Å². The van der Waals surface area contributed by atoms with E-state index in [0.717, 1.165) is 11.2 Å². The summed E-state index contributed by atoms with van der Waals surface area (Å²) >= 11 is 0. The van der Waals surface area contributed by atoms with Gasteiger partial charge in [-0.3, -0.25) is 0 Å². The van der Waals surface area contributed by atoms with E-state index >= 15 is 0 Å². The molecule has 2 aromatic rings. The van der Waals surface area contributed by atoms with Crippen molar-refractivity contribution in [2.45, 2.75) is 31.7 Å². The molecule has 1 aliphatic rings. The van der Waals surface area contributed by atoms with E-state index in [1.54, 1.807) is 0 Å². The number of aromatic nitrogens is 2. The van der Waals surface area contributed by atoms with Crippen LogP contribution < -0.4 is 5.73 Å². The summed E-state index contributed by atoms with van der Waals surface area (Å²) < 4.78 is 2.09. The highest BCUT2D eigenvalue weighted by Gasteiger charge is 2.26. The Hall–Kier alpha value is -1.35. The van der Waals surface area contributed by atoms with E-state index in [0.29, 0.717) is 5.92 Å². The highest BCUT2D eigenvalue weighted by molar-refractivity contribution is 5.51. The minimum Gasteiger partial charge on any atom is -0.324 e. The van der Waals surface area contributed by atoms with Crippen molar-refractivity contribution >= 4 is 5.65 Å². The highest BCUT2D eigenvalue weighted by Crippen LogP contribution is 2.39. The minimum absolute atomic E-state index is 0.0446. The largest absolute Gasteiger partial charge is 0.324 e. The van der Waals surface area contributed by atoms with Gasteiger partial charge in [-0.2, -0.15) is 0 Å². The van der Waals surface area contributed by atoms with Crippen molar-refractivity contribution < 1.29 is 0 Å². The predicted octanol–water partition coefficient (Wildman–Crippen LogP) is 2.23. The Balaban J connectivity index is 2.19. The van der Waals surface area contributed by atoms with E-state index in [9.17, 15) is 0 Å². The molecule has 0 aromatic carbocycles. The van der Waals surface area contributed by atoms with Crippen LogP contribution in [0.15, 0.2) is 24.5 Å². The van der Waals surface area contributed by atoms with Gasteiger partial charge < -0.3 is 10.1 Å². The van der Waals surface area contributed by atoms with Crippen molar-refractivity contribution in [2.75, 3.05) is 0 Å². The van der Waals surface area contributed by atoms with Gasteiger partial charge in [-0.15, -0.1) is 0 Å². The van der Waals surface area contributed by atoms with Gasteiger partial charge >= 0.3 is 0 Å². The fraction of sp³-hybridized carbons (Fsp3) is 0.417. The maximum absolute atomic E-state index is 5.93. The van der Waals surface area contributed by atoms with Crippen LogP contribution in [-0.4, -0.2) is 9.38 Å². The number of hydrogen-bond acceptors (Lipinski definition) is 2. The van der Waals surface area contributed by atoms with Gasteiger partial charge in [0, 0.05) is 29.9 Å². The molecule has 0 bridgehead atoms. The van der Waals surface area contributed by atoms with E-state index < -0.39 is 0 Å². The number of imidazole rings is 1. The normalized spacial score (nSPS) is 18.3. The number of fused-ring (bicyclic) bond motifs is 1. The van der Waals surface area contributed by atoms with Gasteiger partial charge in [0.2, 0.25) is 0 Å². The lowest BCUT2D eigenvalue weighted by Crippen LogP contribution is -2.06. The van der Waals surface area contributed by atoms with Crippen molar-refractivity contribution in [1.82, 2.24) is 9.38 Å². The molecule has 3 nitrogen and oxygen atoms in total. The number of rotatable bonds is 2. The SMILES string of the molecule is CC(N)c1cccn2cc(C3CC3)nc12. The first kappa shape index (κ1) is 8.92. The molecule has 1 fully saturated rings. The van der Waals surface area contributed by atoms with E-state index in [1.165, 1.54) is 18.5 Å². The molecule has 1 atom stereocenters. The average Bonchev–Trinajstić information content (AvgIpc) is 2.96. The number of nitrogens with zero attached hydrogens (tertiary/aromatic N) is 2. The summed E-state index contributed by atoms with van der Waals surface area (Å²) in [4.78, 5) is 4.68. The summed E-state index contributed by atoms with van der Waals surface area (Å²) in [5.74, 6) is 0.700. The van der Waals surface area contributed by atoms with E-state index in [-0.39, 0.29) is 6.04 Å². The van der Waals surface area contributed by atoms with Crippen molar-refractivity contribution in [3.8, 4) is 0 Å².